The molecule has 0 saturated heterocycles. The number of para-hydroxylation sites is 3. The van der Waals surface area contributed by atoms with Gasteiger partial charge in [-0.3, -0.25) is 9.36 Å². The van der Waals surface area contributed by atoms with Crippen molar-refractivity contribution in [3.05, 3.63) is 88.3 Å². The van der Waals surface area contributed by atoms with Crippen LogP contribution in [0.4, 0.5) is 5.69 Å². The Morgan fingerprint density at radius 1 is 0.931 bits per heavy atom. The summed E-state index contributed by atoms with van der Waals surface area (Å²) in [5, 5.41) is 4.20. The molecule has 7 heteroatoms. The molecule has 142 valence electrons. The number of benzene rings is 3. The Hall–Kier alpha value is -3.64. The van der Waals surface area contributed by atoms with E-state index in [2.05, 4.69) is 10.3 Å². The lowest BCUT2D eigenvalue weighted by molar-refractivity contribution is -0.116. The van der Waals surface area contributed by atoms with E-state index >= 15 is 0 Å². The van der Waals surface area contributed by atoms with E-state index in [1.165, 1.54) is 4.57 Å². The second-order valence-electron chi connectivity index (χ2n) is 6.70. The van der Waals surface area contributed by atoms with Crippen molar-refractivity contribution in [2.75, 3.05) is 5.32 Å². The third kappa shape index (κ3) is 2.94. The van der Waals surface area contributed by atoms with E-state index in [0.717, 1.165) is 10.9 Å². The number of fused-ring (bicyclic) bond motifs is 5. The van der Waals surface area contributed by atoms with Gasteiger partial charge in [-0.2, -0.15) is 0 Å². The van der Waals surface area contributed by atoms with Crippen LogP contribution in [0.15, 0.2) is 77.6 Å². The molecule has 5 rings (SSSR count). The summed E-state index contributed by atoms with van der Waals surface area (Å²) in [5.41, 5.74) is 3.00. The molecular formula is C22H15ClN4O2. The van der Waals surface area contributed by atoms with Gasteiger partial charge in [0.25, 0.3) is 0 Å². The first-order chi connectivity index (χ1) is 14.1. The Bertz CT molecular complexity index is 1450. The van der Waals surface area contributed by atoms with Crippen molar-refractivity contribution in [3.8, 4) is 0 Å². The molecule has 0 fully saturated rings. The molecule has 0 unspecified atom stereocenters. The number of hydrogen-bond acceptors (Lipinski definition) is 3. The maximum absolute atomic E-state index is 13.3. The first-order valence-corrected chi connectivity index (χ1v) is 9.44. The van der Waals surface area contributed by atoms with Crippen molar-refractivity contribution in [1.29, 1.82) is 0 Å². The molecule has 0 radical (unpaired) electrons. The van der Waals surface area contributed by atoms with Crippen LogP contribution in [0.25, 0.3) is 27.6 Å². The minimum Gasteiger partial charge on any atom is -0.325 e. The van der Waals surface area contributed by atoms with E-state index < -0.39 is 0 Å². The molecular weight excluding hydrogens is 388 g/mol. The number of aromatic nitrogens is 3. The molecule has 0 bridgehead atoms. The minimum atomic E-state index is -0.307. The highest BCUT2D eigenvalue weighted by Crippen LogP contribution is 2.22. The van der Waals surface area contributed by atoms with Gasteiger partial charge in [0.2, 0.25) is 5.91 Å². The molecule has 1 N–H and O–H groups in total. The number of rotatable bonds is 3. The van der Waals surface area contributed by atoms with Gasteiger partial charge in [-0.05, 0) is 48.5 Å². The van der Waals surface area contributed by atoms with Crippen LogP contribution < -0.4 is 11.0 Å². The smallest absolute Gasteiger partial charge is 0.325 e. The molecule has 29 heavy (non-hydrogen) atoms. The summed E-state index contributed by atoms with van der Waals surface area (Å²) in [7, 11) is 0. The van der Waals surface area contributed by atoms with Crippen molar-refractivity contribution in [2.45, 2.75) is 6.54 Å². The van der Waals surface area contributed by atoms with Crippen LogP contribution in [0.2, 0.25) is 5.02 Å². The van der Waals surface area contributed by atoms with Gasteiger partial charge in [-0.25, -0.2) is 14.2 Å². The minimum absolute atomic E-state index is 0.121. The largest absolute Gasteiger partial charge is 0.335 e. The van der Waals surface area contributed by atoms with Crippen LogP contribution in [0, 0.1) is 0 Å². The number of halogens is 1. The third-order valence-corrected chi connectivity index (χ3v) is 5.10. The lowest BCUT2D eigenvalue weighted by Crippen LogP contribution is -2.32. The number of anilines is 1. The van der Waals surface area contributed by atoms with E-state index in [-0.39, 0.29) is 18.1 Å². The third-order valence-electron chi connectivity index (χ3n) is 4.85. The molecule has 0 atom stereocenters. The molecule has 0 saturated carbocycles. The molecule has 0 spiro atoms. The normalized spacial score (nSPS) is 11.3. The zero-order chi connectivity index (χ0) is 20.0. The first-order valence-electron chi connectivity index (χ1n) is 9.06. The van der Waals surface area contributed by atoms with Gasteiger partial charge in [0.05, 0.1) is 16.6 Å². The van der Waals surface area contributed by atoms with E-state index in [9.17, 15) is 9.59 Å². The van der Waals surface area contributed by atoms with Gasteiger partial charge < -0.3 is 5.32 Å². The SMILES string of the molecule is O=C(Cn1c(=O)n2c3ccccc3nc2c2ccccc21)Nc1ccc(Cl)cc1. The molecule has 0 aliphatic carbocycles. The molecule has 3 aromatic carbocycles. The second-order valence-corrected chi connectivity index (χ2v) is 7.14. The molecule has 0 aliphatic rings. The van der Waals surface area contributed by atoms with Crippen LogP contribution >= 0.6 is 11.6 Å². The molecule has 5 aromatic rings. The number of hydrogen-bond donors (Lipinski definition) is 1. The Morgan fingerprint density at radius 2 is 1.62 bits per heavy atom. The fourth-order valence-corrected chi connectivity index (χ4v) is 3.68. The molecule has 2 aromatic heterocycles. The fraction of sp³-hybridized carbons (Fsp3) is 0.0455. The monoisotopic (exact) mass is 402 g/mol. The van der Waals surface area contributed by atoms with Gasteiger partial charge in [0, 0.05) is 16.1 Å². The highest BCUT2D eigenvalue weighted by atomic mass is 35.5. The lowest BCUT2D eigenvalue weighted by atomic mass is 10.2. The van der Waals surface area contributed by atoms with E-state index in [1.807, 2.05) is 48.5 Å². The maximum atomic E-state index is 13.3. The van der Waals surface area contributed by atoms with Gasteiger partial charge in [0.15, 0.2) is 5.65 Å². The van der Waals surface area contributed by atoms with Gasteiger partial charge in [-0.1, -0.05) is 35.9 Å². The summed E-state index contributed by atoms with van der Waals surface area (Å²) in [6, 6.07) is 21.8. The Morgan fingerprint density at radius 3 is 2.41 bits per heavy atom. The quantitative estimate of drug-likeness (QED) is 0.494. The predicted molar refractivity (Wildman–Crippen MR) is 115 cm³/mol. The lowest BCUT2D eigenvalue weighted by Gasteiger charge is -2.12. The maximum Gasteiger partial charge on any atom is 0.335 e. The molecule has 2 heterocycles. The van der Waals surface area contributed by atoms with E-state index in [0.29, 0.717) is 27.4 Å². The average molecular weight is 403 g/mol. The summed E-state index contributed by atoms with van der Waals surface area (Å²) in [6.07, 6.45) is 0. The number of nitrogens with zero attached hydrogens (tertiary/aromatic N) is 3. The second kappa shape index (κ2) is 6.76. The zero-order valence-electron chi connectivity index (χ0n) is 15.2. The van der Waals surface area contributed by atoms with Crippen LogP contribution in [-0.2, 0) is 11.3 Å². The molecule has 0 aliphatic heterocycles. The topological polar surface area (TPSA) is 68.4 Å². The summed E-state index contributed by atoms with van der Waals surface area (Å²) >= 11 is 5.89. The highest BCUT2D eigenvalue weighted by Gasteiger charge is 2.16. The average Bonchev–Trinajstić information content (AvgIpc) is 3.13. The molecule has 6 nitrogen and oxygen atoms in total. The number of carbonyl (C=O) groups is 1. The summed E-state index contributed by atoms with van der Waals surface area (Å²) < 4.78 is 3.04. The fourth-order valence-electron chi connectivity index (χ4n) is 3.55. The highest BCUT2D eigenvalue weighted by molar-refractivity contribution is 6.30. The van der Waals surface area contributed by atoms with Gasteiger partial charge in [-0.15, -0.1) is 0 Å². The summed E-state index contributed by atoms with van der Waals surface area (Å²) in [4.78, 5) is 30.6. The summed E-state index contributed by atoms with van der Waals surface area (Å²) in [6.45, 7) is -0.121. The Balaban J connectivity index is 1.66. The van der Waals surface area contributed by atoms with Crippen molar-refractivity contribution < 1.29 is 4.79 Å². The summed E-state index contributed by atoms with van der Waals surface area (Å²) in [5.74, 6) is -0.302. The number of nitrogens with one attached hydrogen (secondary N) is 1. The van der Waals surface area contributed by atoms with Crippen LogP contribution in [-0.4, -0.2) is 19.9 Å². The Labute approximate surface area is 170 Å². The molecule has 1 amide bonds. The first kappa shape index (κ1) is 17.5. The van der Waals surface area contributed by atoms with Crippen molar-refractivity contribution >= 4 is 50.8 Å². The van der Waals surface area contributed by atoms with Crippen molar-refractivity contribution in [3.63, 3.8) is 0 Å². The number of carbonyl (C=O) groups excluding carboxylic acids is 1. The standard InChI is InChI=1S/C22H15ClN4O2/c23-14-9-11-15(12-10-14)24-20(28)13-26-18-7-3-1-5-16(18)21-25-17-6-2-4-8-19(17)27(21)22(26)29/h1-12H,13H2,(H,24,28). The predicted octanol–water partition coefficient (Wildman–Crippen LogP) is 4.09. The van der Waals surface area contributed by atoms with Crippen LogP contribution in [0.1, 0.15) is 0 Å². The van der Waals surface area contributed by atoms with Crippen molar-refractivity contribution in [2.24, 2.45) is 0 Å². The Kier molecular flexibility index (Phi) is 4.07. The van der Waals surface area contributed by atoms with Gasteiger partial charge in [0.1, 0.15) is 6.54 Å². The zero-order valence-corrected chi connectivity index (χ0v) is 15.9. The van der Waals surface area contributed by atoms with E-state index in [1.54, 1.807) is 28.7 Å². The number of imidazole rings is 1. The van der Waals surface area contributed by atoms with Gasteiger partial charge >= 0.3 is 5.69 Å². The van der Waals surface area contributed by atoms with Crippen LogP contribution in [0.3, 0.4) is 0 Å². The number of amides is 1. The van der Waals surface area contributed by atoms with Crippen LogP contribution in [0.5, 0.6) is 0 Å². The van der Waals surface area contributed by atoms with E-state index in [4.69, 9.17) is 11.6 Å². The van der Waals surface area contributed by atoms with Crippen molar-refractivity contribution in [1.82, 2.24) is 14.0 Å².